The van der Waals surface area contributed by atoms with Crippen molar-refractivity contribution >= 4 is 21.6 Å². The Morgan fingerprint density at radius 2 is 2.00 bits per heavy atom. The normalized spacial score (nSPS) is 18.2. The van der Waals surface area contributed by atoms with Crippen molar-refractivity contribution in [2.45, 2.75) is 39.2 Å². The van der Waals surface area contributed by atoms with Gasteiger partial charge in [-0.05, 0) is 56.0 Å². The molecule has 1 aromatic heterocycles. The van der Waals surface area contributed by atoms with E-state index in [0.29, 0.717) is 6.04 Å². The highest BCUT2D eigenvalue weighted by Gasteiger charge is 2.23. The topological polar surface area (TPSA) is 25.2 Å². The summed E-state index contributed by atoms with van der Waals surface area (Å²) in [6.07, 6.45) is 5.24. The maximum Gasteiger partial charge on any atom is 0.109 e. The van der Waals surface area contributed by atoms with Crippen molar-refractivity contribution in [1.82, 2.24) is 0 Å². The number of halogens is 1. The number of nitrogens with one attached hydrogen (secondary N) is 1. The van der Waals surface area contributed by atoms with Crippen LogP contribution in [0.25, 0.3) is 0 Å². The van der Waals surface area contributed by atoms with Crippen molar-refractivity contribution < 1.29 is 4.42 Å². The van der Waals surface area contributed by atoms with Crippen molar-refractivity contribution in [1.29, 1.82) is 0 Å². The molecule has 0 saturated carbocycles. The van der Waals surface area contributed by atoms with Crippen LogP contribution in [0.4, 0.5) is 5.69 Å². The first kappa shape index (κ1) is 12.8. The molecule has 0 aliphatic heterocycles. The van der Waals surface area contributed by atoms with Gasteiger partial charge in [-0.3, -0.25) is 0 Å². The zero-order chi connectivity index (χ0) is 13.4. The van der Waals surface area contributed by atoms with Gasteiger partial charge in [0.2, 0.25) is 0 Å². The molecule has 1 atom stereocenters. The first-order chi connectivity index (χ1) is 9.15. The summed E-state index contributed by atoms with van der Waals surface area (Å²) in [7, 11) is 0. The molecule has 1 heterocycles. The lowest BCUT2D eigenvalue weighted by molar-refractivity contribution is 0.461. The number of rotatable bonds is 2. The largest absolute Gasteiger partial charge is 0.469 e. The van der Waals surface area contributed by atoms with Crippen molar-refractivity contribution in [2.75, 3.05) is 5.32 Å². The smallest absolute Gasteiger partial charge is 0.109 e. The van der Waals surface area contributed by atoms with E-state index in [0.717, 1.165) is 16.7 Å². The van der Waals surface area contributed by atoms with Gasteiger partial charge < -0.3 is 9.73 Å². The average Bonchev–Trinajstić information content (AvgIpc) is 2.82. The quantitative estimate of drug-likeness (QED) is 0.828. The van der Waals surface area contributed by atoms with Crippen LogP contribution < -0.4 is 5.32 Å². The third kappa shape index (κ3) is 2.44. The molecule has 1 aromatic carbocycles. The highest BCUT2D eigenvalue weighted by atomic mass is 79.9. The van der Waals surface area contributed by atoms with Gasteiger partial charge in [0, 0.05) is 22.1 Å². The van der Waals surface area contributed by atoms with Crippen LogP contribution in [-0.2, 0) is 6.42 Å². The summed E-state index contributed by atoms with van der Waals surface area (Å²) in [6, 6.07) is 6.81. The third-order valence-electron chi connectivity index (χ3n) is 3.87. The number of hydrogen-bond donors (Lipinski definition) is 1. The highest BCUT2D eigenvalue weighted by Crippen LogP contribution is 2.35. The summed E-state index contributed by atoms with van der Waals surface area (Å²) in [6.45, 7) is 4.30. The molecule has 1 unspecified atom stereocenters. The molecule has 3 heteroatoms. The summed E-state index contributed by atoms with van der Waals surface area (Å²) in [5.74, 6) is 1.15. The van der Waals surface area contributed by atoms with E-state index in [2.05, 4.69) is 53.3 Å². The minimum Gasteiger partial charge on any atom is -0.469 e. The molecule has 19 heavy (non-hydrogen) atoms. The van der Waals surface area contributed by atoms with E-state index in [1.165, 1.54) is 35.2 Å². The Hall–Kier alpha value is -1.22. The average molecular weight is 320 g/mol. The van der Waals surface area contributed by atoms with Crippen molar-refractivity contribution in [3.05, 3.63) is 51.4 Å². The van der Waals surface area contributed by atoms with Gasteiger partial charge in [0.05, 0.1) is 12.3 Å². The van der Waals surface area contributed by atoms with Crippen molar-refractivity contribution in [2.24, 2.45) is 0 Å². The fourth-order valence-electron chi connectivity index (χ4n) is 2.95. The molecular weight excluding hydrogens is 302 g/mol. The first-order valence-electron chi connectivity index (χ1n) is 6.74. The SMILES string of the molecule is Cc1cc(Br)cc(C)c1NC1CCCc2occc21. The summed E-state index contributed by atoms with van der Waals surface area (Å²) >= 11 is 3.55. The number of hydrogen-bond acceptors (Lipinski definition) is 2. The molecule has 100 valence electrons. The van der Waals surface area contributed by atoms with Gasteiger partial charge in [-0.1, -0.05) is 15.9 Å². The van der Waals surface area contributed by atoms with E-state index in [1.807, 2.05) is 6.26 Å². The lowest BCUT2D eigenvalue weighted by atomic mass is 9.92. The molecule has 3 rings (SSSR count). The number of anilines is 1. The Labute approximate surface area is 122 Å². The molecule has 2 nitrogen and oxygen atoms in total. The van der Waals surface area contributed by atoms with Gasteiger partial charge in [-0.2, -0.15) is 0 Å². The molecule has 0 spiro atoms. The minimum atomic E-state index is 0.376. The second-order valence-electron chi connectivity index (χ2n) is 5.30. The molecule has 0 amide bonds. The van der Waals surface area contributed by atoms with Crippen LogP contribution in [0.15, 0.2) is 33.4 Å². The van der Waals surface area contributed by atoms with Crippen molar-refractivity contribution in [3.8, 4) is 0 Å². The standard InChI is InChI=1S/C16H18BrNO/c1-10-8-12(17)9-11(2)16(10)18-14-4-3-5-15-13(14)6-7-19-15/h6-9,14,18H,3-5H2,1-2H3. The third-order valence-corrected chi connectivity index (χ3v) is 4.33. The predicted octanol–water partition coefficient (Wildman–Crippen LogP) is 5.15. The Kier molecular flexibility index (Phi) is 3.40. The van der Waals surface area contributed by atoms with Crippen LogP contribution in [-0.4, -0.2) is 0 Å². The van der Waals surface area contributed by atoms with E-state index >= 15 is 0 Å². The Balaban J connectivity index is 1.92. The van der Waals surface area contributed by atoms with E-state index in [9.17, 15) is 0 Å². The molecule has 1 N–H and O–H groups in total. The van der Waals surface area contributed by atoms with Gasteiger partial charge in [0.1, 0.15) is 5.76 Å². The van der Waals surface area contributed by atoms with Crippen LogP contribution in [0.2, 0.25) is 0 Å². The van der Waals surface area contributed by atoms with Crippen LogP contribution in [0.3, 0.4) is 0 Å². The van der Waals surface area contributed by atoms with E-state index in [-0.39, 0.29) is 0 Å². The number of fused-ring (bicyclic) bond motifs is 1. The maximum atomic E-state index is 5.56. The molecule has 1 aliphatic carbocycles. The summed E-state index contributed by atoms with van der Waals surface area (Å²) in [5, 5.41) is 3.71. The van der Waals surface area contributed by atoms with Crippen LogP contribution in [0.5, 0.6) is 0 Å². The highest BCUT2D eigenvalue weighted by molar-refractivity contribution is 9.10. The van der Waals surface area contributed by atoms with Gasteiger partial charge in [-0.15, -0.1) is 0 Å². The minimum absolute atomic E-state index is 0.376. The lowest BCUT2D eigenvalue weighted by Gasteiger charge is -2.25. The zero-order valence-electron chi connectivity index (χ0n) is 11.3. The van der Waals surface area contributed by atoms with E-state index in [4.69, 9.17) is 4.42 Å². The van der Waals surface area contributed by atoms with Gasteiger partial charge in [-0.25, -0.2) is 0 Å². The van der Waals surface area contributed by atoms with Crippen LogP contribution in [0, 0.1) is 13.8 Å². The van der Waals surface area contributed by atoms with Crippen LogP contribution >= 0.6 is 15.9 Å². The monoisotopic (exact) mass is 319 g/mol. The van der Waals surface area contributed by atoms with Crippen molar-refractivity contribution in [3.63, 3.8) is 0 Å². The summed E-state index contributed by atoms with van der Waals surface area (Å²) < 4.78 is 6.70. The second kappa shape index (κ2) is 5.04. The zero-order valence-corrected chi connectivity index (χ0v) is 12.9. The lowest BCUT2D eigenvalue weighted by Crippen LogP contribution is -2.17. The number of benzene rings is 1. The molecule has 0 saturated heterocycles. The van der Waals surface area contributed by atoms with Gasteiger partial charge in [0.15, 0.2) is 0 Å². The second-order valence-corrected chi connectivity index (χ2v) is 6.22. The molecule has 0 radical (unpaired) electrons. The fraction of sp³-hybridized carbons (Fsp3) is 0.375. The maximum absolute atomic E-state index is 5.56. The Morgan fingerprint density at radius 3 is 2.74 bits per heavy atom. The van der Waals surface area contributed by atoms with Gasteiger partial charge >= 0.3 is 0 Å². The predicted molar refractivity (Wildman–Crippen MR) is 81.6 cm³/mol. The van der Waals surface area contributed by atoms with E-state index < -0.39 is 0 Å². The van der Waals surface area contributed by atoms with Gasteiger partial charge in [0.25, 0.3) is 0 Å². The summed E-state index contributed by atoms with van der Waals surface area (Å²) in [4.78, 5) is 0. The Bertz CT molecular complexity index is 580. The molecule has 0 bridgehead atoms. The number of aryl methyl sites for hydroxylation is 3. The molecule has 2 aromatic rings. The Morgan fingerprint density at radius 1 is 1.26 bits per heavy atom. The number of furan rings is 1. The summed E-state index contributed by atoms with van der Waals surface area (Å²) in [5.41, 5.74) is 5.14. The molecule has 0 fully saturated rings. The first-order valence-corrected chi connectivity index (χ1v) is 7.54. The fourth-order valence-corrected chi connectivity index (χ4v) is 3.64. The molecule has 1 aliphatic rings. The van der Waals surface area contributed by atoms with E-state index in [1.54, 1.807) is 0 Å². The molecular formula is C16H18BrNO. The van der Waals surface area contributed by atoms with Crippen LogP contribution in [0.1, 0.15) is 41.3 Å².